The first-order valence-electron chi connectivity index (χ1n) is 11.5. The van der Waals surface area contributed by atoms with Gasteiger partial charge in [-0.25, -0.2) is 4.98 Å². The first-order valence-corrected chi connectivity index (χ1v) is 11.5. The van der Waals surface area contributed by atoms with Crippen LogP contribution in [0.5, 0.6) is 0 Å². The van der Waals surface area contributed by atoms with E-state index in [-0.39, 0.29) is 23.8 Å². The van der Waals surface area contributed by atoms with Crippen LogP contribution in [0.25, 0.3) is 5.69 Å². The second kappa shape index (κ2) is 9.60. The molecule has 3 unspecified atom stereocenters. The highest BCUT2D eigenvalue weighted by Gasteiger charge is 2.40. The van der Waals surface area contributed by atoms with Crippen LogP contribution in [0.1, 0.15) is 62.7 Å². The Morgan fingerprint density at radius 3 is 2.48 bits per heavy atom. The van der Waals surface area contributed by atoms with E-state index in [9.17, 15) is 9.59 Å². The number of aryl methyl sites for hydroxylation is 1. The number of imidazole rings is 1. The van der Waals surface area contributed by atoms with Gasteiger partial charge < -0.3 is 19.3 Å². The van der Waals surface area contributed by atoms with Crippen LogP contribution in [-0.2, 0) is 9.59 Å². The summed E-state index contributed by atoms with van der Waals surface area (Å²) in [6.07, 6.45) is 6.70. The van der Waals surface area contributed by atoms with Gasteiger partial charge in [-0.15, -0.1) is 0 Å². The number of aromatic nitrogens is 3. The zero-order valence-corrected chi connectivity index (χ0v) is 19.6. The van der Waals surface area contributed by atoms with E-state index in [0.717, 1.165) is 23.5 Å². The quantitative estimate of drug-likeness (QED) is 0.593. The van der Waals surface area contributed by atoms with Gasteiger partial charge in [0.05, 0.1) is 12.2 Å². The van der Waals surface area contributed by atoms with Gasteiger partial charge in [-0.1, -0.05) is 31.1 Å². The highest BCUT2D eigenvalue weighted by molar-refractivity contribution is 5.91. The van der Waals surface area contributed by atoms with Crippen molar-refractivity contribution in [3.05, 3.63) is 66.1 Å². The van der Waals surface area contributed by atoms with Crippen molar-refractivity contribution in [1.82, 2.24) is 24.9 Å². The van der Waals surface area contributed by atoms with Crippen LogP contribution in [0, 0.1) is 12.8 Å². The predicted molar refractivity (Wildman–Crippen MR) is 124 cm³/mol. The third-order valence-corrected chi connectivity index (χ3v) is 6.39. The first kappa shape index (κ1) is 22.8. The Bertz CT molecular complexity index is 1090. The van der Waals surface area contributed by atoms with Gasteiger partial charge >= 0.3 is 0 Å². The van der Waals surface area contributed by atoms with Crippen LogP contribution in [0.15, 0.2) is 53.4 Å². The molecule has 1 aromatic carbocycles. The van der Waals surface area contributed by atoms with E-state index >= 15 is 0 Å². The molecule has 2 amide bonds. The highest BCUT2D eigenvalue weighted by atomic mass is 16.5. The maximum Gasteiger partial charge on any atom is 0.243 e. The van der Waals surface area contributed by atoms with E-state index in [1.54, 1.807) is 23.4 Å². The summed E-state index contributed by atoms with van der Waals surface area (Å²) in [6, 6.07) is 9.13. The maximum atomic E-state index is 13.4. The minimum atomic E-state index is -0.475. The summed E-state index contributed by atoms with van der Waals surface area (Å²) < 4.78 is 7.30. The lowest BCUT2D eigenvalue weighted by molar-refractivity contribution is -0.141. The lowest BCUT2D eigenvalue weighted by Crippen LogP contribution is -2.48. The number of hydrogen-bond acceptors (Lipinski definition) is 5. The van der Waals surface area contributed by atoms with Crippen LogP contribution < -0.4 is 5.32 Å². The number of likely N-dealkylation sites (tertiary alicyclic amines) is 1. The van der Waals surface area contributed by atoms with E-state index in [1.165, 1.54) is 0 Å². The van der Waals surface area contributed by atoms with Gasteiger partial charge in [0.25, 0.3) is 0 Å². The molecule has 3 atom stereocenters. The summed E-state index contributed by atoms with van der Waals surface area (Å²) in [6.45, 7) is 8.45. The third kappa shape index (κ3) is 4.69. The number of benzene rings is 1. The minimum Gasteiger partial charge on any atom is -0.361 e. The molecule has 8 heteroatoms. The predicted octanol–water partition coefficient (Wildman–Crippen LogP) is 3.78. The molecule has 0 saturated carbocycles. The summed E-state index contributed by atoms with van der Waals surface area (Å²) in [7, 11) is 0. The summed E-state index contributed by atoms with van der Waals surface area (Å²) in [5.41, 5.74) is 2.02. The third-order valence-electron chi connectivity index (χ3n) is 6.39. The number of nitrogens with zero attached hydrogens (tertiary/aromatic N) is 4. The van der Waals surface area contributed by atoms with Gasteiger partial charge in [0, 0.05) is 30.7 Å². The molecule has 33 heavy (non-hydrogen) atoms. The monoisotopic (exact) mass is 449 g/mol. The molecule has 4 rings (SSSR count). The van der Waals surface area contributed by atoms with E-state index in [2.05, 4.69) is 15.5 Å². The Hall–Kier alpha value is -3.42. The van der Waals surface area contributed by atoms with Crippen molar-refractivity contribution in [2.75, 3.05) is 6.54 Å². The topological polar surface area (TPSA) is 93.3 Å². The Morgan fingerprint density at radius 2 is 1.88 bits per heavy atom. The Morgan fingerprint density at radius 1 is 1.12 bits per heavy atom. The molecule has 0 bridgehead atoms. The molecule has 2 aromatic heterocycles. The smallest absolute Gasteiger partial charge is 0.243 e. The molecular formula is C25H31N5O3. The van der Waals surface area contributed by atoms with E-state index < -0.39 is 12.0 Å². The number of hydrogen-bond donors (Lipinski definition) is 1. The van der Waals surface area contributed by atoms with Crippen LogP contribution in [0.4, 0.5) is 0 Å². The maximum absolute atomic E-state index is 13.4. The zero-order chi connectivity index (χ0) is 23.5. The standard InChI is InChI=1S/C25H31N5O3/c1-16(2)23(22-11-12-27-33-22)25(32)30-14-5-6-21(30)24(31)28-17(3)19-7-9-20(10-8-19)29-15-13-26-18(29)4/h7-13,15-17,21,23H,5-6,14H2,1-4H3,(H,28,31). The van der Waals surface area contributed by atoms with Gasteiger partial charge in [-0.05, 0) is 50.3 Å². The first-order chi connectivity index (χ1) is 15.9. The van der Waals surface area contributed by atoms with E-state index in [0.29, 0.717) is 18.7 Å². The Labute approximate surface area is 194 Å². The molecule has 8 nitrogen and oxygen atoms in total. The van der Waals surface area contributed by atoms with Gasteiger partial charge in [0.15, 0.2) is 0 Å². The molecule has 1 fully saturated rings. The van der Waals surface area contributed by atoms with E-state index in [1.807, 2.05) is 62.7 Å². The summed E-state index contributed by atoms with van der Waals surface area (Å²) in [5.74, 6) is 0.849. The fraction of sp³-hybridized carbons (Fsp3) is 0.440. The minimum absolute atomic E-state index is 0.0336. The lowest BCUT2D eigenvalue weighted by Gasteiger charge is -2.29. The van der Waals surface area contributed by atoms with E-state index in [4.69, 9.17) is 4.52 Å². The van der Waals surface area contributed by atoms with Crippen molar-refractivity contribution in [1.29, 1.82) is 0 Å². The number of rotatable bonds is 7. The number of carbonyl (C=O) groups is 2. The fourth-order valence-electron chi connectivity index (χ4n) is 4.57. The summed E-state index contributed by atoms with van der Waals surface area (Å²) >= 11 is 0. The summed E-state index contributed by atoms with van der Waals surface area (Å²) in [5, 5.41) is 6.86. The number of nitrogens with one attached hydrogen (secondary N) is 1. The lowest BCUT2D eigenvalue weighted by atomic mass is 9.91. The Balaban J connectivity index is 1.44. The molecule has 0 radical (unpaired) electrons. The summed E-state index contributed by atoms with van der Waals surface area (Å²) in [4.78, 5) is 32.5. The van der Waals surface area contributed by atoms with Crippen LogP contribution >= 0.6 is 0 Å². The van der Waals surface area contributed by atoms with Crippen molar-refractivity contribution in [2.45, 2.75) is 58.5 Å². The zero-order valence-electron chi connectivity index (χ0n) is 19.6. The van der Waals surface area contributed by atoms with Crippen molar-refractivity contribution < 1.29 is 14.1 Å². The largest absolute Gasteiger partial charge is 0.361 e. The van der Waals surface area contributed by atoms with Crippen molar-refractivity contribution in [3.63, 3.8) is 0 Å². The normalized spacial score (nSPS) is 17.8. The molecule has 174 valence electrons. The van der Waals surface area contributed by atoms with Gasteiger partial charge in [-0.3, -0.25) is 9.59 Å². The number of amides is 2. The number of carbonyl (C=O) groups excluding carboxylic acids is 2. The fourth-order valence-corrected chi connectivity index (χ4v) is 4.57. The van der Waals surface area contributed by atoms with Crippen molar-refractivity contribution >= 4 is 11.8 Å². The van der Waals surface area contributed by atoms with Crippen molar-refractivity contribution in [3.8, 4) is 5.69 Å². The van der Waals surface area contributed by atoms with Crippen LogP contribution in [-0.4, -0.2) is 44.0 Å². The highest BCUT2D eigenvalue weighted by Crippen LogP contribution is 2.30. The molecule has 3 aromatic rings. The molecule has 3 heterocycles. The van der Waals surface area contributed by atoms with Gasteiger partial charge in [0.1, 0.15) is 23.5 Å². The molecular weight excluding hydrogens is 418 g/mol. The van der Waals surface area contributed by atoms with Crippen molar-refractivity contribution in [2.24, 2.45) is 5.92 Å². The van der Waals surface area contributed by atoms with Crippen LogP contribution in [0.3, 0.4) is 0 Å². The average Bonchev–Trinajstić information content (AvgIpc) is 3.55. The molecule has 1 aliphatic rings. The second-order valence-corrected chi connectivity index (χ2v) is 8.99. The van der Waals surface area contributed by atoms with Crippen LogP contribution in [0.2, 0.25) is 0 Å². The Kier molecular flexibility index (Phi) is 6.62. The van der Waals surface area contributed by atoms with Gasteiger partial charge in [-0.2, -0.15) is 0 Å². The SMILES string of the molecule is Cc1nccn1-c1ccc(C(C)NC(=O)C2CCCN2C(=O)C(c2ccno2)C(C)C)cc1. The molecule has 1 N–H and O–H groups in total. The van der Waals surface area contributed by atoms with Gasteiger partial charge in [0.2, 0.25) is 11.8 Å². The molecule has 1 saturated heterocycles. The molecule has 1 aliphatic heterocycles. The second-order valence-electron chi connectivity index (χ2n) is 8.99. The molecule has 0 aliphatic carbocycles. The molecule has 0 spiro atoms. The average molecular weight is 450 g/mol.